The monoisotopic (exact) mass is 587 g/mol. The van der Waals surface area contributed by atoms with Crippen molar-refractivity contribution in [3.63, 3.8) is 0 Å². The van der Waals surface area contributed by atoms with Gasteiger partial charge in [0.15, 0.2) is 0 Å². The number of amides is 3. The van der Waals surface area contributed by atoms with Gasteiger partial charge in [0, 0.05) is 43.5 Å². The first-order chi connectivity index (χ1) is 20.6. The molecule has 5 rings (SSSR count). The molecule has 43 heavy (non-hydrogen) atoms. The highest BCUT2D eigenvalue weighted by Gasteiger charge is 2.34. The van der Waals surface area contributed by atoms with Crippen LogP contribution < -0.4 is 15.7 Å². The Morgan fingerprint density at radius 2 is 1.91 bits per heavy atom. The highest BCUT2D eigenvalue weighted by molar-refractivity contribution is 5.96. The molecule has 3 aromatic rings. The minimum atomic E-state index is -0.467. The van der Waals surface area contributed by atoms with Crippen molar-refractivity contribution in [2.45, 2.75) is 58.8 Å². The van der Waals surface area contributed by atoms with Crippen molar-refractivity contribution < 1.29 is 23.9 Å². The lowest BCUT2D eigenvalue weighted by Gasteiger charge is -2.39. The van der Waals surface area contributed by atoms with Gasteiger partial charge in [-0.05, 0) is 74.6 Å². The minimum Gasteiger partial charge on any atom is -0.457 e. The number of likely N-dealkylation sites (tertiary alicyclic amines) is 1. The molecule has 2 aliphatic heterocycles. The summed E-state index contributed by atoms with van der Waals surface area (Å²) in [5, 5.41) is 3.03. The Labute approximate surface area is 250 Å². The third-order valence-corrected chi connectivity index (χ3v) is 8.04. The topological polar surface area (TPSA) is 134 Å². The normalized spacial score (nSPS) is 19.3. The smallest absolute Gasteiger partial charge is 0.345 e. The number of hydrogen-bond acceptors (Lipinski definition) is 7. The summed E-state index contributed by atoms with van der Waals surface area (Å²) in [6, 6.07) is 12.3. The molecule has 11 heteroatoms. The van der Waals surface area contributed by atoms with Gasteiger partial charge in [-0.2, -0.15) is 4.98 Å². The van der Waals surface area contributed by atoms with Crippen molar-refractivity contribution in [3.8, 4) is 11.5 Å². The highest BCUT2D eigenvalue weighted by atomic mass is 16.5. The molecule has 0 radical (unpaired) electrons. The fourth-order valence-electron chi connectivity index (χ4n) is 5.64. The number of piperidine rings is 1. The molecule has 0 saturated carbocycles. The summed E-state index contributed by atoms with van der Waals surface area (Å²) in [6.07, 6.45) is 0.877. The Balaban J connectivity index is 1.34. The molecule has 0 aliphatic carbocycles. The lowest BCUT2D eigenvalue weighted by molar-refractivity contribution is -0.137. The molecule has 2 N–H and O–H groups in total. The van der Waals surface area contributed by atoms with Crippen molar-refractivity contribution in [3.05, 3.63) is 86.6 Å². The summed E-state index contributed by atoms with van der Waals surface area (Å²) in [4.78, 5) is 61.1. The number of carbonyl (C=O) groups is 3. The number of aromatic amines is 1. The van der Waals surface area contributed by atoms with Crippen LogP contribution in [0, 0.1) is 20.8 Å². The molecule has 2 aliphatic rings. The van der Waals surface area contributed by atoms with Crippen molar-refractivity contribution >= 4 is 17.7 Å². The van der Waals surface area contributed by atoms with Gasteiger partial charge in [-0.25, -0.2) is 4.79 Å². The fraction of sp³-hybridized carbons (Fsp3) is 0.406. The Bertz CT molecular complexity index is 1580. The predicted octanol–water partition coefficient (Wildman–Crippen LogP) is 2.81. The summed E-state index contributed by atoms with van der Waals surface area (Å²) >= 11 is 0. The van der Waals surface area contributed by atoms with Gasteiger partial charge in [0.05, 0.1) is 25.3 Å². The van der Waals surface area contributed by atoms with Crippen LogP contribution in [0.2, 0.25) is 0 Å². The Kier molecular flexibility index (Phi) is 8.91. The number of carbonyl (C=O) groups excluding carboxylic acids is 3. The number of nitrogens with one attached hydrogen (secondary N) is 2. The molecular weight excluding hydrogens is 550 g/mol. The van der Waals surface area contributed by atoms with E-state index in [9.17, 15) is 19.2 Å². The molecule has 3 heterocycles. The first kappa shape index (κ1) is 30.0. The number of aromatic nitrogens is 2. The molecule has 226 valence electrons. The van der Waals surface area contributed by atoms with Gasteiger partial charge in [-0.1, -0.05) is 18.2 Å². The van der Waals surface area contributed by atoms with Crippen LogP contribution >= 0.6 is 0 Å². The number of hydrogen-bond donors (Lipinski definition) is 2. The van der Waals surface area contributed by atoms with E-state index in [2.05, 4.69) is 15.3 Å². The van der Waals surface area contributed by atoms with Gasteiger partial charge in [-0.3, -0.25) is 14.4 Å². The van der Waals surface area contributed by atoms with E-state index in [0.717, 1.165) is 16.7 Å². The first-order valence-electron chi connectivity index (χ1n) is 14.5. The van der Waals surface area contributed by atoms with E-state index in [-0.39, 0.29) is 43.3 Å². The number of fused-ring (bicyclic) bond motifs is 5. The third kappa shape index (κ3) is 7.11. The van der Waals surface area contributed by atoms with Crippen LogP contribution in [0.25, 0.3) is 0 Å². The quantitative estimate of drug-likeness (QED) is 0.481. The van der Waals surface area contributed by atoms with Crippen LogP contribution in [-0.4, -0.2) is 76.3 Å². The molecular formula is C32H37N5O6. The molecule has 3 amide bonds. The number of rotatable bonds is 3. The van der Waals surface area contributed by atoms with Crippen molar-refractivity contribution in [1.29, 1.82) is 0 Å². The van der Waals surface area contributed by atoms with Gasteiger partial charge in [0.25, 0.3) is 5.91 Å². The molecule has 0 spiro atoms. The maximum Gasteiger partial charge on any atom is 0.345 e. The van der Waals surface area contributed by atoms with E-state index in [1.165, 1.54) is 4.90 Å². The van der Waals surface area contributed by atoms with Crippen molar-refractivity contribution in [2.75, 3.05) is 26.7 Å². The second-order valence-corrected chi connectivity index (χ2v) is 11.3. The summed E-state index contributed by atoms with van der Waals surface area (Å²) < 4.78 is 12.5. The lowest BCUT2D eigenvalue weighted by atomic mass is 10.00. The second kappa shape index (κ2) is 12.8. The highest BCUT2D eigenvalue weighted by Crippen LogP contribution is 2.28. The number of H-pyrrole nitrogens is 1. The zero-order valence-corrected chi connectivity index (χ0v) is 24.9. The molecule has 1 aromatic heterocycles. The lowest BCUT2D eigenvalue weighted by Crippen LogP contribution is -2.58. The summed E-state index contributed by atoms with van der Waals surface area (Å²) in [5.74, 6) is 0.483. The zero-order valence-electron chi connectivity index (χ0n) is 24.9. The van der Waals surface area contributed by atoms with Crippen LogP contribution in [-0.2, 0) is 27.4 Å². The number of ether oxygens (including phenoxy) is 2. The molecule has 2 aromatic carbocycles. The average molecular weight is 588 g/mol. The summed E-state index contributed by atoms with van der Waals surface area (Å²) in [5.41, 5.74) is 3.96. The van der Waals surface area contributed by atoms with E-state index < -0.39 is 11.7 Å². The maximum absolute atomic E-state index is 13.3. The van der Waals surface area contributed by atoms with Gasteiger partial charge >= 0.3 is 5.69 Å². The van der Waals surface area contributed by atoms with Crippen molar-refractivity contribution in [2.24, 2.45) is 0 Å². The molecule has 11 nitrogen and oxygen atoms in total. The molecule has 1 saturated heterocycles. The molecule has 1 fully saturated rings. The SMILES string of the molecule is Cc1ccc2cc1Oc1cccc(c1)CO[C@@H]1CCN(C(=O)CCc3c(C)nc(=O)[nH]c3C)C[C@@H]1NC(=O)CN(C)C2=O. The number of benzene rings is 2. The largest absolute Gasteiger partial charge is 0.457 e. The predicted molar refractivity (Wildman–Crippen MR) is 159 cm³/mol. The standard InChI is InChI=1S/C32H37N5O6/c1-19-8-9-23-15-28(19)43-24-7-5-6-22(14-24)18-42-27-12-13-37(16-26(27)35-29(38)17-36(4)31(23)40)30(39)11-10-25-20(2)33-32(41)34-21(25)3/h5-9,14-15,26-27H,10-13,16-18H2,1-4H3,(H,35,38)(H,33,34,41)/t26-,27+/m0/s1. The first-order valence-corrected chi connectivity index (χ1v) is 14.5. The number of likely N-dealkylation sites (N-methyl/N-ethyl adjacent to an activating group) is 1. The van der Waals surface area contributed by atoms with E-state index in [1.54, 1.807) is 37.9 Å². The van der Waals surface area contributed by atoms with E-state index in [4.69, 9.17) is 9.47 Å². The Hall–Kier alpha value is -4.51. The van der Waals surface area contributed by atoms with Gasteiger partial charge < -0.3 is 29.6 Å². The second-order valence-electron chi connectivity index (χ2n) is 11.3. The summed E-state index contributed by atoms with van der Waals surface area (Å²) in [7, 11) is 1.58. The third-order valence-electron chi connectivity index (χ3n) is 8.04. The van der Waals surface area contributed by atoms with Crippen molar-refractivity contribution in [1.82, 2.24) is 25.1 Å². The van der Waals surface area contributed by atoms with Gasteiger partial charge in [-0.15, -0.1) is 0 Å². The van der Waals surface area contributed by atoms with Crippen LogP contribution in [0.5, 0.6) is 11.5 Å². The average Bonchev–Trinajstić information content (AvgIpc) is 2.96. The fourth-order valence-corrected chi connectivity index (χ4v) is 5.64. The van der Waals surface area contributed by atoms with E-state index in [0.29, 0.717) is 54.4 Å². The Morgan fingerprint density at radius 3 is 2.70 bits per heavy atom. The summed E-state index contributed by atoms with van der Waals surface area (Å²) in [6.45, 7) is 6.38. The Morgan fingerprint density at radius 1 is 1.09 bits per heavy atom. The van der Waals surface area contributed by atoms with E-state index in [1.807, 2.05) is 37.3 Å². The number of aryl methyl sites for hydroxylation is 3. The molecule has 4 bridgehead atoms. The van der Waals surface area contributed by atoms with Gasteiger partial charge in [0.1, 0.15) is 11.5 Å². The van der Waals surface area contributed by atoms with Crippen LogP contribution in [0.15, 0.2) is 47.3 Å². The van der Waals surface area contributed by atoms with Crippen LogP contribution in [0.3, 0.4) is 0 Å². The van der Waals surface area contributed by atoms with Gasteiger partial charge in [0.2, 0.25) is 11.8 Å². The molecule has 0 unspecified atom stereocenters. The maximum atomic E-state index is 13.3. The number of nitrogens with zero attached hydrogens (tertiary/aromatic N) is 3. The molecule has 2 atom stereocenters. The van der Waals surface area contributed by atoms with Crippen LogP contribution in [0.4, 0.5) is 0 Å². The minimum absolute atomic E-state index is 0.0582. The van der Waals surface area contributed by atoms with E-state index >= 15 is 0 Å². The van der Waals surface area contributed by atoms with Crippen LogP contribution in [0.1, 0.15) is 51.3 Å². The zero-order chi connectivity index (χ0) is 30.7.